The Bertz CT molecular complexity index is 1100. The van der Waals surface area contributed by atoms with Crippen LogP contribution >= 0.6 is 0 Å². The van der Waals surface area contributed by atoms with E-state index in [4.69, 9.17) is 4.74 Å². The summed E-state index contributed by atoms with van der Waals surface area (Å²) in [6.07, 6.45) is 1.20. The lowest BCUT2D eigenvalue weighted by atomic mass is 10.1. The summed E-state index contributed by atoms with van der Waals surface area (Å²) >= 11 is 0. The summed E-state index contributed by atoms with van der Waals surface area (Å²) in [5.41, 5.74) is 2.66. The van der Waals surface area contributed by atoms with Crippen LogP contribution in [0.1, 0.15) is 34.8 Å². The van der Waals surface area contributed by atoms with Crippen LogP contribution in [0.4, 0.5) is 10.1 Å². The number of methoxy groups -OCH3 is 1. The van der Waals surface area contributed by atoms with Gasteiger partial charge in [0.2, 0.25) is 5.91 Å². The van der Waals surface area contributed by atoms with Crippen molar-refractivity contribution >= 4 is 17.5 Å². The van der Waals surface area contributed by atoms with Gasteiger partial charge in [-0.15, -0.1) is 0 Å². The summed E-state index contributed by atoms with van der Waals surface area (Å²) in [5.74, 6) is 0.0429. The number of benzene rings is 3. The molecule has 0 fully saturated rings. The molecule has 6 heteroatoms. The molecule has 0 spiro atoms. The number of hydrogen-bond acceptors (Lipinski definition) is 3. The van der Waals surface area contributed by atoms with Crippen molar-refractivity contribution in [2.24, 2.45) is 0 Å². The predicted molar refractivity (Wildman–Crippen MR) is 128 cm³/mol. The molecule has 0 aromatic heterocycles. The number of carbonyl (C=O) groups is 2. The highest BCUT2D eigenvalue weighted by Gasteiger charge is 2.19. The van der Waals surface area contributed by atoms with E-state index in [9.17, 15) is 14.0 Å². The highest BCUT2D eigenvalue weighted by molar-refractivity contribution is 6.06. The molecule has 0 saturated carbocycles. The predicted octanol–water partition coefficient (Wildman–Crippen LogP) is 5.09. The van der Waals surface area contributed by atoms with Gasteiger partial charge in [-0.25, -0.2) is 4.39 Å². The molecule has 0 aliphatic heterocycles. The fraction of sp³-hybridized carbons (Fsp3) is 0.259. The van der Waals surface area contributed by atoms with Crippen molar-refractivity contribution in [1.82, 2.24) is 4.90 Å². The SMILES string of the molecule is CCCN(C)C(=O)Cc1ccc(N(Cc2cccc(F)c2)C(=O)c2cccc(OC)c2)cc1. The molecule has 0 aliphatic carbocycles. The van der Waals surface area contributed by atoms with Gasteiger partial charge in [-0.3, -0.25) is 9.59 Å². The Balaban J connectivity index is 1.88. The first-order valence-electron chi connectivity index (χ1n) is 10.9. The molecule has 0 saturated heterocycles. The summed E-state index contributed by atoms with van der Waals surface area (Å²) < 4.78 is 19.0. The number of ether oxygens (including phenoxy) is 1. The molecule has 0 radical (unpaired) electrons. The van der Waals surface area contributed by atoms with Gasteiger partial charge in [0.05, 0.1) is 20.1 Å². The highest BCUT2D eigenvalue weighted by atomic mass is 19.1. The molecular weight excluding hydrogens is 419 g/mol. The fourth-order valence-electron chi connectivity index (χ4n) is 3.57. The monoisotopic (exact) mass is 448 g/mol. The van der Waals surface area contributed by atoms with Gasteiger partial charge in [0.15, 0.2) is 0 Å². The Morgan fingerprint density at radius 2 is 1.67 bits per heavy atom. The number of hydrogen-bond donors (Lipinski definition) is 0. The average Bonchev–Trinajstić information content (AvgIpc) is 2.83. The lowest BCUT2D eigenvalue weighted by Crippen LogP contribution is -2.30. The van der Waals surface area contributed by atoms with E-state index in [1.807, 2.05) is 31.2 Å². The van der Waals surface area contributed by atoms with Crippen LogP contribution in [0.3, 0.4) is 0 Å². The van der Waals surface area contributed by atoms with Crippen molar-refractivity contribution in [1.29, 1.82) is 0 Å². The van der Waals surface area contributed by atoms with E-state index >= 15 is 0 Å². The first kappa shape index (κ1) is 24.0. The average molecular weight is 449 g/mol. The topological polar surface area (TPSA) is 49.9 Å². The van der Waals surface area contributed by atoms with Crippen LogP contribution in [-0.4, -0.2) is 37.4 Å². The zero-order valence-electron chi connectivity index (χ0n) is 19.3. The number of halogens is 1. The third-order valence-corrected chi connectivity index (χ3v) is 5.38. The number of likely N-dealkylation sites (N-methyl/N-ethyl adjacent to an activating group) is 1. The van der Waals surface area contributed by atoms with Crippen molar-refractivity contribution in [3.63, 3.8) is 0 Å². The molecule has 2 amide bonds. The van der Waals surface area contributed by atoms with Gasteiger partial charge < -0.3 is 14.5 Å². The molecule has 5 nitrogen and oxygen atoms in total. The first-order chi connectivity index (χ1) is 15.9. The van der Waals surface area contributed by atoms with E-state index in [-0.39, 0.29) is 24.2 Å². The maximum absolute atomic E-state index is 13.8. The summed E-state index contributed by atoms with van der Waals surface area (Å²) in [5, 5.41) is 0. The number of carbonyl (C=O) groups excluding carboxylic acids is 2. The van der Waals surface area contributed by atoms with Gasteiger partial charge in [-0.05, 0) is 60.0 Å². The van der Waals surface area contributed by atoms with Gasteiger partial charge in [0.25, 0.3) is 5.91 Å². The van der Waals surface area contributed by atoms with Crippen molar-refractivity contribution in [3.05, 3.63) is 95.3 Å². The van der Waals surface area contributed by atoms with Crippen LogP contribution in [0.5, 0.6) is 5.75 Å². The standard InChI is InChI=1S/C27H29FN2O3/c1-4-15-29(2)26(31)17-20-11-13-24(14-12-20)30(19-21-7-5-9-23(28)16-21)27(32)22-8-6-10-25(18-22)33-3/h5-14,16,18H,4,15,17,19H2,1-3H3. The molecule has 0 atom stereocenters. The molecule has 0 N–H and O–H groups in total. The summed E-state index contributed by atoms with van der Waals surface area (Å²) in [6, 6.07) is 20.5. The minimum Gasteiger partial charge on any atom is -0.497 e. The largest absolute Gasteiger partial charge is 0.497 e. The maximum Gasteiger partial charge on any atom is 0.258 e. The third-order valence-electron chi connectivity index (χ3n) is 5.38. The first-order valence-corrected chi connectivity index (χ1v) is 10.9. The quantitative estimate of drug-likeness (QED) is 0.458. The Morgan fingerprint density at radius 1 is 0.939 bits per heavy atom. The van der Waals surface area contributed by atoms with E-state index in [1.54, 1.807) is 60.4 Å². The zero-order valence-corrected chi connectivity index (χ0v) is 19.3. The van der Waals surface area contributed by atoms with Crippen molar-refractivity contribution < 1.29 is 18.7 Å². The second-order valence-electron chi connectivity index (χ2n) is 7.91. The molecule has 0 bridgehead atoms. The maximum atomic E-state index is 13.8. The van der Waals surface area contributed by atoms with E-state index < -0.39 is 0 Å². The molecule has 3 rings (SSSR count). The minimum absolute atomic E-state index is 0.0497. The lowest BCUT2D eigenvalue weighted by Gasteiger charge is -2.24. The number of nitrogens with zero attached hydrogens (tertiary/aromatic N) is 2. The fourth-order valence-corrected chi connectivity index (χ4v) is 3.57. The third kappa shape index (κ3) is 6.42. The van der Waals surface area contributed by atoms with Crippen LogP contribution in [-0.2, 0) is 17.8 Å². The molecular formula is C27H29FN2O3. The molecule has 3 aromatic carbocycles. The molecule has 0 unspecified atom stereocenters. The highest BCUT2D eigenvalue weighted by Crippen LogP contribution is 2.23. The lowest BCUT2D eigenvalue weighted by molar-refractivity contribution is -0.129. The molecule has 0 aliphatic rings. The Hall–Kier alpha value is -3.67. The van der Waals surface area contributed by atoms with Gasteiger partial charge >= 0.3 is 0 Å². The van der Waals surface area contributed by atoms with E-state index in [1.165, 1.54) is 12.1 Å². The Morgan fingerprint density at radius 3 is 2.33 bits per heavy atom. The molecule has 33 heavy (non-hydrogen) atoms. The van der Waals surface area contributed by atoms with E-state index in [0.717, 1.165) is 12.0 Å². The second-order valence-corrected chi connectivity index (χ2v) is 7.91. The van der Waals surface area contributed by atoms with Crippen LogP contribution in [0, 0.1) is 5.82 Å². The Labute approximate surface area is 194 Å². The zero-order chi connectivity index (χ0) is 23.8. The van der Waals surface area contributed by atoms with Crippen molar-refractivity contribution in [2.75, 3.05) is 25.6 Å². The van der Waals surface area contributed by atoms with Crippen molar-refractivity contribution in [3.8, 4) is 5.75 Å². The molecule has 172 valence electrons. The van der Waals surface area contributed by atoms with Crippen LogP contribution < -0.4 is 9.64 Å². The van der Waals surface area contributed by atoms with Gasteiger partial charge in [-0.2, -0.15) is 0 Å². The van der Waals surface area contributed by atoms with Crippen LogP contribution in [0.2, 0.25) is 0 Å². The number of amides is 2. The van der Waals surface area contributed by atoms with E-state index in [0.29, 0.717) is 35.5 Å². The van der Waals surface area contributed by atoms with Crippen molar-refractivity contribution in [2.45, 2.75) is 26.3 Å². The number of anilines is 1. The van der Waals surface area contributed by atoms with Gasteiger partial charge in [-0.1, -0.05) is 37.3 Å². The molecule has 0 heterocycles. The summed E-state index contributed by atoms with van der Waals surface area (Å²) in [6.45, 7) is 2.95. The Kier molecular flexibility index (Phi) is 8.19. The second kappa shape index (κ2) is 11.3. The van der Waals surface area contributed by atoms with E-state index in [2.05, 4.69) is 0 Å². The minimum atomic E-state index is -0.355. The van der Waals surface area contributed by atoms with Gasteiger partial charge in [0.1, 0.15) is 11.6 Å². The summed E-state index contributed by atoms with van der Waals surface area (Å²) in [7, 11) is 3.35. The smallest absolute Gasteiger partial charge is 0.258 e. The molecule has 3 aromatic rings. The number of rotatable bonds is 9. The van der Waals surface area contributed by atoms with Crippen LogP contribution in [0.25, 0.3) is 0 Å². The summed E-state index contributed by atoms with van der Waals surface area (Å²) in [4.78, 5) is 29.1. The van der Waals surface area contributed by atoms with Gasteiger partial charge in [0, 0.05) is 24.8 Å². The van der Waals surface area contributed by atoms with Crippen LogP contribution in [0.15, 0.2) is 72.8 Å². The normalized spacial score (nSPS) is 10.5.